The summed E-state index contributed by atoms with van der Waals surface area (Å²) >= 11 is 1.37. The fraction of sp³-hybridized carbons (Fsp3) is 0.0882. The van der Waals surface area contributed by atoms with Crippen LogP contribution in [0.2, 0.25) is 0 Å². The molecule has 4 N–H and O–H groups in total. The van der Waals surface area contributed by atoms with Crippen molar-refractivity contribution in [2.24, 2.45) is 0 Å². The van der Waals surface area contributed by atoms with Gasteiger partial charge >= 0.3 is 0 Å². The molecule has 8 nitrogen and oxygen atoms in total. The molecule has 0 aliphatic heterocycles. The van der Waals surface area contributed by atoms with Crippen LogP contribution >= 0.6 is 11.8 Å². The number of nitrogens with one attached hydrogen (secondary N) is 4. The Morgan fingerprint density at radius 1 is 0.837 bits per heavy atom. The maximum atomic E-state index is 13.5. The first kappa shape index (κ1) is 29.2. The fourth-order valence-corrected chi connectivity index (χ4v) is 5.24. The smallest absolute Gasteiger partial charge is 0.272 e. The number of ether oxygens (including phenoxy) is 1. The number of anilines is 2. The van der Waals surface area contributed by atoms with Gasteiger partial charge in [0.25, 0.3) is 11.8 Å². The number of thioether (sulfide) groups is 1. The minimum atomic E-state index is -0.500. The van der Waals surface area contributed by atoms with Crippen LogP contribution in [-0.4, -0.2) is 35.1 Å². The van der Waals surface area contributed by atoms with Gasteiger partial charge in [-0.1, -0.05) is 42.5 Å². The van der Waals surface area contributed by atoms with E-state index in [2.05, 4.69) is 20.9 Å². The third-order valence-electron chi connectivity index (χ3n) is 6.53. The molecule has 0 fully saturated rings. The van der Waals surface area contributed by atoms with Crippen LogP contribution < -0.4 is 20.7 Å². The topological polar surface area (TPSA) is 112 Å². The number of rotatable bonds is 10. The maximum Gasteiger partial charge on any atom is 0.272 e. The average Bonchev–Trinajstić information content (AvgIpc) is 3.49. The molecule has 1 atom stereocenters. The molecule has 216 valence electrons. The van der Waals surface area contributed by atoms with Crippen LogP contribution in [0, 0.1) is 0 Å². The number of methoxy groups -OCH3 is 1. The molecule has 0 aliphatic carbocycles. The summed E-state index contributed by atoms with van der Waals surface area (Å²) in [7, 11) is 1.56. The van der Waals surface area contributed by atoms with Crippen LogP contribution in [0.15, 0.2) is 120 Å². The molecule has 43 heavy (non-hydrogen) atoms. The van der Waals surface area contributed by atoms with E-state index < -0.39 is 17.1 Å². The Morgan fingerprint density at radius 3 is 2.44 bits per heavy atom. The number of fused-ring (bicyclic) bond motifs is 1. The van der Waals surface area contributed by atoms with Crippen molar-refractivity contribution >= 4 is 57.8 Å². The number of carbonyl (C=O) groups is 3. The van der Waals surface area contributed by atoms with E-state index in [-0.39, 0.29) is 11.6 Å². The normalized spacial score (nSPS) is 11.9. The van der Waals surface area contributed by atoms with Gasteiger partial charge in [-0.15, -0.1) is 11.8 Å². The van der Waals surface area contributed by atoms with Crippen LogP contribution in [0.1, 0.15) is 22.8 Å². The summed E-state index contributed by atoms with van der Waals surface area (Å²) in [5.74, 6) is -0.433. The second-order valence-electron chi connectivity index (χ2n) is 9.67. The summed E-state index contributed by atoms with van der Waals surface area (Å²) < 4.78 is 5.30. The molecule has 9 heteroatoms. The minimum absolute atomic E-state index is 0.0620. The molecule has 0 saturated heterocycles. The van der Waals surface area contributed by atoms with Crippen LogP contribution in [0.5, 0.6) is 5.75 Å². The van der Waals surface area contributed by atoms with E-state index in [1.54, 1.807) is 73.8 Å². The van der Waals surface area contributed by atoms with Gasteiger partial charge in [0.15, 0.2) is 0 Å². The van der Waals surface area contributed by atoms with Crippen molar-refractivity contribution in [3.05, 3.63) is 126 Å². The molecule has 1 unspecified atom stereocenters. The average molecular weight is 591 g/mol. The zero-order valence-corrected chi connectivity index (χ0v) is 24.4. The summed E-state index contributed by atoms with van der Waals surface area (Å²) in [4.78, 5) is 43.3. The molecule has 0 bridgehead atoms. The van der Waals surface area contributed by atoms with Gasteiger partial charge < -0.3 is 25.7 Å². The Kier molecular flexibility index (Phi) is 9.23. The SMILES string of the molecule is COc1cccc(/C=C(\NC(=O)c2ccccc2)C(=O)Nc2cccc(SC(C)C(=O)Nc3ccc4cc[nH]c4c3)c2)c1. The quantitative estimate of drug-likeness (QED) is 0.107. The van der Waals surface area contributed by atoms with E-state index in [0.717, 1.165) is 15.8 Å². The standard InChI is InChI=1S/C34H30N4O4S/c1-22(32(39)36-27-15-14-24-16-17-35-30(24)21-27)43-29-13-7-11-26(20-29)37-34(41)31(19-23-8-6-12-28(18-23)42-2)38-33(40)25-9-4-3-5-10-25/h3-22,35H,1-2H3,(H,36,39)(H,37,41)(H,38,40)/b31-19-. The molecule has 0 spiro atoms. The van der Waals surface area contributed by atoms with Gasteiger partial charge in [0.1, 0.15) is 11.4 Å². The van der Waals surface area contributed by atoms with E-state index in [1.165, 1.54) is 11.8 Å². The van der Waals surface area contributed by atoms with Crippen molar-refractivity contribution in [3.8, 4) is 5.75 Å². The van der Waals surface area contributed by atoms with Crippen molar-refractivity contribution in [3.63, 3.8) is 0 Å². The number of aromatic nitrogens is 1. The van der Waals surface area contributed by atoms with Gasteiger partial charge in [-0.3, -0.25) is 14.4 Å². The van der Waals surface area contributed by atoms with Gasteiger partial charge in [0, 0.05) is 33.5 Å². The van der Waals surface area contributed by atoms with Gasteiger partial charge in [-0.25, -0.2) is 0 Å². The lowest BCUT2D eigenvalue weighted by Crippen LogP contribution is -2.30. The van der Waals surface area contributed by atoms with Crippen LogP contribution in [0.4, 0.5) is 11.4 Å². The Balaban J connectivity index is 1.29. The minimum Gasteiger partial charge on any atom is -0.497 e. The number of hydrogen-bond acceptors (Lipinski definition) is 5. The molecule has 1 heterocycles. The molecular formula is C34H30N4O4S. The number of carbonyl (C=O) groups excluding carboxylic acids is 3. The highest BCUT2D eigenvalue weighted by atomic mass is 32.2. The predicted octanol–water partition coefficient (Wildman–Crippen LogP) is 6.71. The number of benzene rings is 4. The maximum absolute atomic E-state index is 13.5. The van der Waals surface area contributed by atoms with Crippen molar-refractivity contribution < 1.29 is 19.1 Å². The van der Waals surface area contributed by atoms with E-state index in [9.17, 15) is 14.4 Å². The highest BCUT2D eigenvalue weighted by Gasteiger charge is 2.18. The number of hydrogen-bond donors (Lipinski definition) is 4. The molecule has 4 aromatic carbocycles. The van der Waals surface area contributed by atoms with E-state index in [4.69, 9.17) is 4.74 Å². The zero-order valence-electron chi connectivity index (χ0n) is 23.6. The summed E-state index contributed by atoms with van der Waals surface area (Å²) in [6, 6.07) is 30.7. The molecule has 5 rings (SSSR count). The van der Waals surface area contributed by atoms with Crippen molar-refractivity contribution in [2.75, 3.05) is 17.7 Å². The van der Waals surface area contributed by atoms with E-state index >= 15 is 0 Å². The molecular weight excluding hydrogens is 560 g/mol. The predicted molar refractivity (Wildman–Crippen MR) is 172 cm³/mol. The lowest BCUT2D eigenvalue weighted by Gasteiger charge is -2.14. The van der Waals surface area contributed by atoms with Crippen LogP contribution in [-0.2, 0) is 9.59 Å². The molecule has 0 aliphatic rings. The molecule has 0 radical (unpaired) electrons. The van der Waals surface area contributed by atoms with Gasteiger partial charge in [0.05, 0.1) is 12.4 Å². The number of H-pyrrole nitrogens is 1. The van der Waals surface area contributed by atoms with E-state index in [0.29, 0.717) is 28.3 Å². The van der Waals surface area contributed by atoms with Crippen molar-refractivity contribution in [2.45, 2.75) is 17.1 Å². The van der Waals surface area contributed by atoms with Crippen molar-refractivity contribution in [1.29, 1.82) is 0 Å². The largest absolute Gasteiger partial charge is 0.497 e. The summed E-state index contributed by atoms with van der Waals surface area (Å²) in [6.45, 7) is 1.83. The Bertz CT molecular complexity index is 1800. The second kappa shape index (κ2) is 13.6. The lowest BCUT2D eigenvalue weighted by atomic mass is 10.1. The van der Waals surface area contributed by atoms with Crippen LogP contribution in [0.25, 0.3) is 17.0 Å². The molecule has 3 amide bonds. The first-order valence-corrected chi connectivity index (χ1v) is 14.4. The molecule has 0 saturated carbocycles. The Labute approximate surface area is 253 Å². The monoisotopic (exact) mass is 590 g/mol. The van der Waals surface area contributed by atoms with Crippen LogP contribution in [0.3, 0.4) is 0 Å². The summed E-state index contributed by atoms with van der Waals surface area (Å²) in [5, 5.41) is 9.25. The first-order valence-electron chi connectivity index (χ1n) is 13.6. The first-order chi connectivity index (χ1) is 20.9. The van der Waals surface area contributed by atoms with Gasteiger partial charge in [0.2, 0.25) is 5.91 Å². The van der Waals surface area contributed by atoms with Crippen molar-refractivity contribution in [1.82, 2.24) is 10.3 Å². The fourth-order valence-electron chi connectivity index (χ4n) is 4.31. The Hall–Kier alpha value is -5.28. The van der Waals surface area contributed by atoms with E-state index in [1.807, 2.05) is 55.6 Å². The highest BCUT2D eigenvalue weighted by Crippen LogP contribution is 2.27. The number of aromatic amines is 1. The number of amides is 3. The third-order valence-corrected chi connectivity index (χ3v) is 7.62. The lowest BCUT2D eigenvalue weighted by molar-refractivity contribution is -0.115. The molecule has 5 aromatic rings. The van der Waals surface area contributed by atoms with Gasteiger partial charge in [-0.2, -0.15) is 0 Å². The zero-order chi connectivity index (χ0) is 30.2. The molecule has 1 aromatic heterocycles. The summed E-state index contributed by atoms with van der Waals surface area (Å²) in [6.07, 6.45) is 3.45. The van der Waals surface area contributed by atoms with Gasteiger partial charge in [-0.05, 0) is 84.6 Å². The second-order valence-corrected chi connectivity index (χ2v) is 11.1. The Morgan fingerprint density at radius 2 is 1.63 bits per heavy atom. The summed E-state index contributed by atoms with van der Waals surface area (Å²) in [5.41, 5.74) is 3.34. The highest BCUT2D eigenvalue weighted by molar-refractivity contribution is 8.00. The third kappa shape index (κ3) is 7.72.